The number of hydrogen-bond donors (Lipinski definition) is 1. The van der Waals surface area contributed by atoms with E-state index in [-0.39, 0.29) is 17.5 Å². The molecule has 7 nitrogen and oxygen atoms in total. The van der Waals surface area contributed by atoms with Crippen molar-refractivity contribution in [2.45, 2.75) is 17.4 Å². The second-order valence-electron chi connectivity index (χ2n) is 8.73. The summed E-state index contributed by atoms with van der Waals surface area (Å²) in [7, 11) is 0.263. The fourth-order valence-electron chi connectivity index (χ4n) is 4.55. The van der Waals surface area contributed by atoms with Crippen molar-refractivity contribution in [1.82, 2.24) is 4.72 Å². The molecule has 0 saturated carbocycles. The van der Waals surface area contributed by atoms with E-state index in [2.05, 4.69) is 50.9 Å². The SMILES string of the molecule is CN(C)c1ccc([C@H](CNS(=O)(=O)c2ccc3c(c2)OCCO3)N2CCc3ccccc32)cc1. The molecule has 0 aromatic heterocycles. The van der Waals surface area contributed by atoms with Gasteiger partial charge in [-0.15, -0.1) is 0 Å². The zero-order chi connectivity index (χ0) is 23.7. The van der Waals surface area contributed by atoms with Crippen LogP contribution < -0.4 is 24.0 Å². The molecule has 0 aliphatic carbocycles. The molecule has 3 aromatic rings. The molecule has 0 amide bonds. The third-order valence-electron chi connectivity index (χ3n) is 6.38. The summed E-state index contributed by atoms with van der Waals surface area (Å²) in [4.78, 5) is 4.51. The van der Waals surface area contributed by atoms with Crippen molar-refractivity contribution in [3.8, 4) is 11.5 Å². The zero-order valence-corrected chi connectivity index (χ0v) is 20.2. The van der Waals surface area contributed by atoms with Crippen molar-refractivity contribution in [2.24, 2.45) is 0 Å². The highest BCUT2D eigenvalue weighted by molar-refractivity contribution is 7.89. The molecule has 0 bridgehead atoms. The number of benzene rings is 3. The number of nitrogens with one attached hydrogen (secondary N) is 1. The lowest BCUT2D eigenvalue weighted by Crippen LogP contribution is -2.37. The van der Waals surface area contributed by atoms with Crippen molar-refractivity contribution in [3.63, 3.8) is 0 Å². The van der Waals surface area contributed by atoms with Crippen LogP contribution in [-0.2, 0) is 16.4 Å². The van der Waals surface area contributed by atoms with E-state index in [1.54, 1.807) is 12.1 Å². The molecular weight excluding hydrogens is 450 g/mol. The van der Waals surface area contributed by atoms with E-state index in [0.29, 0.717) is 24.7 Å². The fraction of sp³-hybridized carbons (Fsp3) is 0.308. The van der Waals surface area contributed by atoms with Gasteiger partial charge < -0.3 is 19.3 Å². The van der Waals surface area contributed by atoms with Crippen LogP contribution in [0.4, 0.5) is 11.4 Å². The van der Waals surface area contributed by atoms with E-state index >= 15 is 0 Å². The number of sulfonamides is 1. The lowest BCUT2D eigenvalue weighted by Gasteiger charge is -2.31. The summed E-state index contributed by atoms with van der Waals surface area (Å²) in [6, 6.07) is 21.2. The van der Waals surface area contributed by atoms with Gasteiger partial charge in [-0.2, -0.15) is 0 Å². The standard InChI is InChI=1S/C26H29N3O4S/c1-28(2)21-9-7-20(8-10-21)24(29-14-13-19-5-3-4-6-23(19)29)18-27-34(30,31)22-11-12-25-26(17-22)33-16-15-32-25/h3-12,17,24,27H,13-16,18H2,1-2H3/t24-/m0/s1. The first-order valence-corrected chi connectivity index (χ1v) is 12.9. The van der Waals surface area contributed by atoms with Gasteiger partial charge in [-0.05, 0) is 47.9 Å². The lowest BCUT2D eigenvalue weighted by molar-refractivity contribution is 0.171. The summed E-state index contributed by atoms with van der Waals surface area (Å²) in [5.74, 6) is 1.02. The molecule has 8 heteroatoms. The molecule has 0 unspecified atom stereocenters. The van der Waals surface area contributed by atoms with Gasteiger partial charge in [0.25, 0.3) is 0 Å². The average Bonchev–Trinajstić information content (AvgIpc) is 3.28. The highest BCUT2D eigenvalue weighted by Crippen LogP contribution is 2.36. The minimum Gasteiger partial charge on any atom is -0.486 e. The van der Waals surface area contributed by atoms with E-state index in [1.807, 2.05) is 26.2 Å². The molecule has 0 spiro atoms. The topological polar surface area (TPSA) is 71.1 Å². The maximum atomic E-state index is 13.2. The average molecular weight is 480 g/mol. The Morgan fingerprint density at radius 3 is 2.47 bits per heavy atom. The second kappa shape index (κ2) is 9.19. The molecule has 34 heavy (non-hydrogen) atoms. The van der Waals surface area contributed by atoms with E-state index in [9.17, 15) is 8.42 Å². The Hall–Kier alpha value is -3.23. The molecule has 2 aliphatic heterocycles. The third-order valence-corrected chi connectivity index (χ3v) is 7.81. The molecule has 2 heterocycles. The van der Waals surface area contributed by atoms with Crippen LogP contribution in [0.5, 0.6) is 11.5 Å². The lowest BCUT2D eigenvalue weighted by atomic mass is 10.0. The van der Waals surface area contributed by atoms with Crippen LogP contribution in [0, 0.1) is 0 Å². The van der Waals surface area contributed by atoms with Gasteiger partial charge in [-0.1, -0.05) is 30.3 Å². The normalized spacial score (nSPS) is 15.6. The van der Waals surface area contributed by atoms with Crippen LogP contribution in [0.1, 0.15) is 17.2 Å². The number of anilines is 2. The van der Waals surface area contributed by atoms with E-state index in [4.69, 9.17) is 9.47 Å². The quantitative estimate of drug-likeness (QED) is 0.558. The summed E-state index contributed by atoms with van der Waals surface area (Å²) >= 11 is 0. The van der Waals surface area contributed by atoms with Crippen LogP contribution in [-0.4, -0.2) is 48.8 Å². The molecular formula is C26H29N3O4S. The van der Waals surface area contributed by atoms with Gasteiger partial charge in [0.2, 0.25) is 10.0 Å². The molecule has 0 saturated heterocycles. The largest absolute Gasteiger partial charge is 0.486 e. The summed E-state index contributed by atoms with van der Waals surface area (Å²) in [5, 5.41) is 0. The van der Waals surface area contributed by atoms with E-state index in [1.165, 1.54) is 11.6 Å². The highest BCUT2D eigenvalue weighted by Gasteiger charge is 2.29. The van der Waals surface area contributed by atoms with Crippen LogP contribution in [0.15, 0.2) is 71.6 Å². The van der Waals surface area contributed by atoms with Gasteiger partial charge in [0, 0.05) is 44.6 Å². The smallest absolute Gasteiger partial charge is 0.240 e. The summed E-state index contributed by atoms with van der Waals surface area (Å²) in [6.45, 7) is 1.95. The minimum absolute atomic E-state index is 0.146. The first-order valence-electron chi connectivity index (χ1n) is 11.4. The Kier molecular flexibility index (Phi) is 6.10. The number of ether oxygens (including phenoxy) is 2. The molecule has 5 rings (SSSR count). The van der Waals surface area contributed by atoms with E-state index < -0.39 is 10.0 Å². The van der Waals surface area contributed by atoms with Crippen molar-refractivity contribution >= 4 is 21.4 Å². The number of rotatable bonds is 7. The van der Waals surface area contributed by atoms with Gasteiger partial charge in [-0.3, -0.25) is 0 Å². The van der Waals surface area contributed by atoms with Crippen LogP contribution in [0.3, 0.4) is 0 Å². The summed E-state index contributed by atoms with van der Waals surface area (Å²) < 4.78 is 40.4. The number of hydrogen-bond acceptors (Lipinski definition) is 6. The molecule has 1 atom stereocenters. The zero-order valence-electron chi connectivity index (χ0n) is 19.4. The number of nitrogens with zero attached hydrogens (tertiary/aromatic N) is 2. The Morgan fingerprint density at radius 2 is 1.71 bits per heavy atom. The Morgan fingerprint density at radius 1 is 0.971 bits per heavy atom. The first-order chi connectivity index (χ1) is 16.4. The van der Waals surface area contributed by atoms with Gasteiger partial charge in [0.05, 0.1) is 10.9 Å². The maximum Gasteiger partial charge on any atom is 0.240 e. The highest BCUT2D eigenvalue weighted by atomic mass is 32.2. The number of fused-ring (bicyclic) bond motifs is 2. The van der Waals surface area contributed by atoms with Crippen molar-refractivity contribution in [2.75, 3.05) is 50.2 Å². The molecule has 0 radical (unpaired) electrons. The Bertz CT molecular complexity index is 1280. The van der Waals surface area contributed by atoms with Gasteiger partial charge >= 0.3 is 0 Å². The van der Waals surface area contributed by atoms with Gasteiger partial charge in [-0.25, -0.2) is 13.1 Å². The van der Waals surface area contributed by atoms with E-state index in [0.717, 1.165) is 29.9 Å². The predicted octanol–water partition coefficient (Wildman–Crippen LogP) is 3.61. The fourth-order valence-corrected chi connectivity index (χ4v) is 5.61. The Balaban J connectivity index is 1.43. The van der Waals surface area contributed by atoms with Crippen LogP contribution >= 0.6 is 0 Å². The van der Waals surface area contributed by atoms with Gasteiger partial charge in [0.1, 0.15) is 13.2 Å². The van der Waals surface area contributed by atoms with Crippen LogP contribution in [0.2, 0.25) is 0 Å². The predicted molar refractivity (Wildman–Crippen MR) is 134 cm³/mol. The first kappa shape index (κ1) is 22.6. The molecule has 178 valence electrons. The maximum absolute atomic E-state index is 13.2. The van der Waals surface area contributed by atoms with Gasteiger partial charge in [0.15, 0.2) is 11.5 Å². The molecule has 2 aliphatic rings. The monoisotopic (exact) mass is 479 g/mol. The summed E-state index contributed by atoms with van der Waals surface area (Å²) in [6.07, 6.45) is 0.942. The Labute approximate surface area is 201 Å². The second-order valence-corrected chi connectivity index (χ2v) is 10.5. The van der Waals surface area contributed by atoms with Crippen LogP contribution in [0.25, 0.3) is 0 Å². The number of para-hydroxylation sites is 1. The van der Waals surface area contributed by atoms with Crippen molar-refractivity contribution in [1.29, 1.82) is 0 Å². The van der Waals surface area contributed by atoms with Crippen molar-refractivity contribution < 1.29 is 17.9 Å². The molecule has 0 fully saturated rings. The molecule has 1 N–H and O–H groups in total. The minimum atomic E-state index is -3.75. The molecule has 3 aromatic carbocycles. The van der Waals surface area contributed by atoms with Crippen molar-refractivity contribution in [3.05, 3.63) is 77.9 Å². The third kappa shape index (κ3) is 4.43. The summed E-state index contributed by atoms with van der Waals surface area (Å²) in [5.41, 5.74) is 4.60.